The van der Waals surface area contributed by atoms with Crippen molar-refractivity contribution in [3.63, 3.8) is 0 Å². The molecule has 0 amide bonds. The Morgan fingerprint density at radius 2 is 1.25 bits per heavy atom. The van der Waals surface area contributed by atoms with Crippen molar-refractivity contribution in [1.29, 1.82) is 0 Å². The monoisotopic (exact) mass is 272 g/mol. The Bertz CT molecular complexity index is 419. The van der Waals surface area contributed by atoms with Gasteiger partial charge in [0.05, 0.1) is 0 Å². The Balaban J connectivity index is 3.26. The molecule has 2 N–H and O–H groups in total. The molecule has 1 rings (SSSR count). The molecule has 0 aliphatic rings. The summed E-state index contributed by atoms with van der Waals surface area (Å²) in [5.74, 6) is 1.05. The third kappa shape index (κ3) is 4.16. The molecular formula is C18H28N2. The summed E-state index contributed by atoms with van der Waals surface area (Å²) in [5, 5.41) is 6.43. The minimum Gasteiger partial charge on any atom is -0.387 e. The molecule has 0 fully saturated rings. The molecule has 0 aromatic heterocycles. The number of nitrogens with one attached hydrogen (secondary N) is 2. The van der Waals surface area contributed by atoms with Crippen LogP contribution >= 0.6 is 0 Å². The van der Waals surface area contributed by atoms with Crippen LogP contribution < -0.4 is 10.6 Å². The number of benzene rings is 1. The molecule has 0 saturated carbocycles. The van der Waals surface area contributed by atoms with Gasteiger partial charge in [-0.15, -0.1) is 0 Å². The van der Waals surface area contributed by atoms with Gasteiger partial charge in [-0.05, 0) is 46.5 Å². The number of hydrogen-bond donors (Lipinski definition) is 2. The molecule has 1 aromatic rings. The second-order valence-corrected chi connectivity index (χ2v) is 5.73. The fraction of sp³-hybridized carbons (Fsp3) is 0.444. The third-order valence-corrected chi connectivity index (χ3v) is 3.52. The van der Waals surface area contributed by atoms with Crippen LogP contribution in [0.2, 0.25) is 0 Å². The summed E-state index contributed by atoms with van der Waals surface area (Å²) in [6, 6.07) is 4.69. The summed E-state index contributed by atoms with van der Waals surface area (Å²) in [6.07, 6.45) is 3.50. The van der Waals surface area contributed by atoms with E-state index in [9.17, 15) is 0 Å². The van der Waals surface area contributed by atoms with Crippen molar-refractivity contribution in [2.24, 2.45) is 0 Å². The normalized spacial score (nSPS) is 10.7. The van der Waals surface area contributed by atoms with Gasteiger partial charge in [0, 0.05) is 13.1 Å². The SMILES string of the molecule is C=CNCc1cc(CNC=C)c(C(C)C)cc1C(C)C. The van der Waals surface area contributed by atoms with Crippen LogP contribution in [0.5, 0.6) is 0 Å². The maximum atomic E-state index is 3.73. The molecule has 0 atom stereocenters. The van der Waals surface area contributed by atoms with E-state index in [1.54, 1.807) is 12.4 Å². The quantitative estimate of drug-likeness (QED) is 0.733. The highest BCUT2D eigenvalue weighted by atomic mass is 14.8. The van der Waals surface area contributed by atoms with Gasteiger partial charge in [-0.1, -0.05) is 53.0 Å². The fourth-order valence-electron chi connectivity index (χ4n) is 2.48. The van der Waals surface area contributed by atoms with E-state index in [1.807, 2.05) is 0 Å². The third-order valence-electron chi connectivity index (χ3n) is 3.52. The van der Waals surface area contributed by atoms with E-state index in [2.05, 4.69) is 63.6 Å². The average molecular weight is 272 g/mol. The van der Waals surface area contributed by atoms with E-state index in [1.165, 1.54) is 22.3 Å². The van der Waals surface area contributed by atoms with Gasteiger partial charge < -0.3 is 10.6 Å². The minimum absolute atomic E-state index is 0.524. The Morgan fingerprint density at radius 1 is 0.850 bits per heavy atom. The summed E-state index contributed by atoms with van der Waals surface area (Å²) in [7, 11) is 0. The summed E-state index contributed by atoms with van der Waals surface area (Å²) in [6.45, 7) is 18.1. The van der Waals surface area contributed by atoms with Crippen LogP contribution in [0, 0.1) is 0 Å². The van der Waals surface area contributed by atoms with Gasteiger partial charge in [-0.2, -0.15) is 0 Å². The molecule has 110 valence electrons. The molecule has 1 aromatic carbocycles. The van der Waals surface area contributed by atoms with Crippen molar-refractivity contribution in [3.05, 3.63) is 59.9 Å². The van der Waals surface area contributed by atoms with Gasteiger partial charge >= 0.3 is 0 Å². The van der Waals surface area contributed by atoms with Crippen LogP contribution in [0.15, 0.2) is 37.7 Å². The molecule has 2 nitrogen and oxygen atoms in total. The zero-order valence-electron chi connectivity index (χ0n) is 13.3. The van der Waals surface area contributed by atoms with Crippen LogP contribution in [-0.2, 0) is 13.1 Å². The highest BCUT2D eigenvalue weighted by molar-refractivity contribution is 5.41. The fourth-order valence-corrected chi connectivity index (χ4v) is 2.48. The number of hydrogen-bond acceptors (Lipinski definition) is 2. The van der Waals surface area contributed by atoms with Gasteiger partial charge in [0.25, 0.3) is 0 Å². The largest absolute Gasteiger partial charge is 0.387 e. The minimum atomic E-state index is 0.524. The average Bonchev–Trinajstić information content (AvgIpc) is 2.41. The Labute approximate surface area is 124 Å². The molecule has 0 radical (unpaired) electrons. The molecular weight excluding hydrogens is 244 g/mol. The van der Waals surface area contributed by atoms with E-state index in [4.69, 9.17) is 0 Å². The standard InChI is InChI=1S/C18H28N2/c1-7-19-11-15-9-16(12-20-8-2)18(14(5)6)10-17(15)13(3)4/h7-10,13-14,19-20H,1-2,11-12H2,3-6H3. The van der Waals surface area contributed by atoms with Crippen LogP contribution in [0.4, 0.5) is 0 Å². The van der Waals surface area contributed by atoms with Crippen LogP contribution in [0.1, 0.15) is 61.8 Å². The lowest BCUT2D eigenvalue weighted by atomic mass is 9.87. The molecule has 0 bridgehead atoms. The van der Waals surface area contributed by atoms with Gasteiger partial charge in [0.2, 0.25) is 0 Å². The van der Waals surface area contributed by atoms with Crippen molar-refractivity contribution < 1.29 is 0 Å². The van der Waals surface area contributed by atoms with E-state index >= 15 is 0 Å². The van der Waals surface area contributed by atoms with Crippen LogP contribution in [-0.4, -0.2) is 0 Å². The Morgan fingerprint density at radius 3 is 1.55 bits per heavy atom. The van der Waals surface area contributed by atoms with Gasteiger partial charge in [0.1, 0.15) is 0 Å². The second kappa shape index (κ2) is 7.78. The highest BCUT2D eigenvalue weighted by Crippen LogP contribution is 2.28. The molecule has 2 heteroatoms. The van der Waals surface area contributed by atoms with Crippen LogP contribution in [0.3, 0.4) is 0 Å². The van der Waals surface area contributed by atoms with E-state index < -0.39 is 0 Å². The molecule has 0 spiro atoms. The Kier molecular flexibility index (Phi) is 6.37. The first-order valence-electron chi connectivity index (χ1n) is 7.35. The molecule has 0 saturated heterocycles. The topological polar surface area (TPSA) is 24.1 Å². The first kappa shape index (κ1) is 16.4. The highest BCUT2D eigenvalue weighted by Gasteiger charge is 2.14. The summed E-state index contributed by atoms with van der Waals surface area (Å²) in [5.41, 5.74) is 5.55. The predicted molar refractivity (Wildman–Crippen MR) is 88.7 cm³/mol. The van der Waals surface area contributed by atoms with Gasteiger partial charge in [-0.3, -0.25) is 0 Å². The van der Waals surface area contributed by atoms with Crippen LogP contribution in [0.25, 0.3) is 0 Å². The first-order valence-corrected chi connectivity index (χ1v) is 7.35. The summed E-state index contributed by atoms with van der Waals surface area (Å²) < 4.78 is 0. The second-order valence-electron chi connectivity index (χ2n) is 5.73. The Hall–Kier alpha value is -1.70. The van der Waals surface area contributed by atoms with Crippen molar-refractivity contribution in [3.8, 4) is 0 Å². The molecule has 0 aliphatic carbocycles. The van der Waals surface area contributed by atoms with E-state index in [0.29, 0.717) is 11.8 Å². The van der Waals surface area contributed by atoms with Gasteiger partial charge in [-0.25, -0.2) is 0 Å². The van der Waals surface area contributed by atoms with E-state index in [0.717, 1.165) is 13.1 Å². The maximum absolute atomic E-state index is 3.73. The smallest absolute Gasteiger partial charge is 0.0398 e. The lowest BCUT2D eigenvalue weighted by Crippen LogP contribution is -2.13. The molecule has 0 aliphatic heterocycles. The van der Waals surface area contributed by atoms with Gasteiger partial charge in [0.15, 0.2) is 0 Å². The summed E-state index contributed by atoms with van der Waals surface area (Å²) >= 11 is 0. The lowest BCUT2D eigenvalue weighted by Gasteiger charge is -2.21. The zero-order chi connectivity index (χ0) is 15.1. The number of rotatable bonds is 8. The van der Waals surface area contributed by atoms with Crippen molar-refractivity contribution >= 4 is 0 Å². The molecule has 0 heterocycles. The zero-order valence-corrected chi connectivity index (χ0v) is 13.3. The molecule has 0 unspecified atom stereocenters. The maximum Gasteiger partial charge on any atom is 0.0398 e. The summed E-state index contributed by atoms with van der Waals surface area (Å²) in [4.78, 5) is 0. The molecule has 20 heavy (non-hydrogen) atoms. The lowest BCUT2D eigenvalue weighted by molar-refractivity contribution is 0.763. The van der Waals surface area contributed by atoms with E-state index in [-0.39, 0.29) is 0 Å². The van der Waals surface area contributed by atoms with Crippen molar-refractivity contribution in [2.75, 3.05) is 0 Å². The predicted octanol–water partition coefficient (Wildman–Crippen LogP) is 4.40. The first-order chi connectivity index (χ1) is 9.51. The van der Waals surface area contributed by atoms with Crippen molar-refractivity contribution in [2.45, 2.75) is 52.6 Å². The van der Waals surface area contributed by atoms with Crippen molar-refractivity contribution in [1.82, 2.24) is 10.6 Å².